The van der Waals surface area contributed by atoms with E-state index in [1.807, 2.05) is 12.2 Å². The van der Waals surface area contributed by atoms with Gasteiger partial charge in [-0.1, -0.05) is 12.2 Å². The normalized spacial score (nSPS) is 33.6. The molecule has 17 heavy (non-hydrogen) atoms. The number of primary amides is 1. The van der Waals surface area contributed by atoms with Crippen LogP contribution in [0, 0.1) is 23.7 Å². The molecule has 2 aliphatic rings. The van der Waals surface area contributed by atoms with Crippen molar-refractivity contribution in [2.45, 2.75) is 6.42 Å². The smallest absolute Gasteiger partial charge is 0.236 e. The van der Waals surface area contributed by atoms with Crippen LogP contribution in [0.3, 0.4) is 0 Å². The molecule has 4 unspecified atom stereocenters. The minimum Gasteiger partial charge on any atom is -0.550 e. The summed E-state index contributed by atoms with van der Waals surface area (Å²) in [4.78, 5) is 33.4. The fraction of sp³-hybridized carbons (Fsp3) is 0.545. The van der Waals surface area contributed by atoms with Crippen molar-refractivity contribution in [1.82, 2.24) is 5.32 Å². The van der Waals surface area contributed by atoms with Crippen molar-refractivity contribution in [3.8, 4) is 0 Å². The maximum atomic E-state index is 11.8. The van der Waals surface area contributed by atoms with Crippen molar-refractivity contribution in [2.24, 2.45) is 29.4 Å². The molecule has 0 heterocycles. The van der Waals surface area contributed by atoms with Crippen LogP contribution in [0.5, 0.6) is 0 Å². The molecule has 2 amide bonds. The largest absolute Gasteiger partial charge is 0.550 e. The quantitative estimate of drug-likeness (QED) is 0.539. The highest BCUT2D eigenvalue weighted by Crippen LogP contribution is 2.47. The molecule has 3 N–H and O–H groups in total. The Bertz CT molecular complexity index is 404. The van der Waals surface area contributed by atoms with Crippen molar-refractivity contribution in [3.05, 3.63) is 12.2 Å². The van der Waals surface area contributed by atoms with Gasteiger partial charge >= 0.3 is 0 Å². The third-order valence-corrected chi connectivity index (χ3v) is 3.47. The van der Waals surface area contributed by atoms with Gasteiger partial charge in [-0.2, -0.15) is 0 Å². The molecule has 1 fully saturated rings. The molecule has 92 valence electrons. The zero-order chi connectivity index (χ0) is 12.6. The van der Waals surface area contributed by atoms with Crippen LogP contribution in [0.25, 0.3) is 0 Å². The number of carboxylic acid groups (broad SMARTS) is 1. The van der Waals surface area contributed by atoms with Gasteiger partial charge in [-0.25, -0.2) is 0 Å². The van der Waals surface area contributed by atoms with E-state index in [9.17, 15) is 19.5 Å². The molecule has 0 saturated heterocycles. The highest BCUT2D eigenvalue weighted by Gasteiger charge is 2.48. The zero-order valence-electron chi connectivity index (χ0n) is 9.09. The lowest BCUT2D eigenvalue weighted by Crippen LogP contribution is -2.46. The highest BCUT2D eigenvalue weighted by atomic mass is 16.4. The Balaban J connectivity index is 2.08. The Labute approximate surface area is 97.9 Å². The first-order chi connectivity index (χ1) is 8.00. The lowest BCUT2D eigenvalue weighted by molar-refractivity contribution is -0.313. The SMILES string of the molecule is NC(=O)CNC(=O)C1C2C=CC(C2)C1C(=O)[O-]. The predicted octanol–water partition coefficient (Wildman–Crippen LogP) is -2.22. The van der Waals surface area contributed by atoms with E-state index in [1.165, 1.54) is 0 Å². The van der Waals surface area contributed by atoms with Gasteiger partial charge in [-0.3, -0.25) is 9.59 Å². The summed E-state index contributed by atoms with van der Waals surface area (Å²) in [6.45, 7) is -0.268. The second-order valence-electron chi connectivity index (χ2n) is 4.50. The van der Waals surface area contributed by atoms with Crippen LogP contribution in [0.2, 0.25) is 0 Å². The zero-order valence-corrected chi connectivity index (χ0v) is 9.09. The van der Waals surface area contributed by atoms with Gasteiger partial charge in [0.2, 0.25) is 11.8 Å². The Morgan fingerprint density at radius 2 is 1.82 bits per heavy atom. The first-order valence-electron chi connectivity index (χ1n) is 5.46. The summed E-state index contributed by atoms with van der Waals surface area (Å²) in [7, 11) is 0. The molecule has 0 aromatic heterocycles. The lowest BCUT2D eigenvalue weighted by Gasteiger charge is -2.27. The van der Waals surface area contributed by atoms with Crippen LogP contribution >= 0.6 is 0 Å². The molecular formula is C11H13N2O4-. The molecule has 6 nitrogen and oxygen atoms in total. The van der Waals surface area contributed by atoms with Crippen LogP contribution < -0.4 is 16.2 Å². The summed E-state index contributed by atoms with van der Waals surface area (Å²) in [5.74, 6) is -3.93. The van der Waals surface area contributed by atoms with Crippen LogP contribution in [0.1, 0.15) is 6.42 Å². The summed E-state index contributed by atoms with van der Waals surface area (Å²) in [5.41, 5.74) is 4.91. The predicted molar refractivity (Wildman–Crippen MR) is 54.9 cm³/mol. The molecule has 2 rings (SSSR count). The Morgan fingerprint density at radius 3 is 2.35 bits per heavy atom. The van der Waals surface area contributed by atoms with Crippen LogP contribution in [-0.2, 0) is 14.4 Å². The van der Waals surface area contributed by atoms with E-state index in [0.29, 0.717) is 6.42 Å². The molecule has 1 saturated carbocycles. The van der Waals surface area contributed by atoms with Gasteiger partial charge in [-0.15, -0.1) is 0 Å². The number of amides is 2. The summed E-state index contributed by atoms with van der Waals surface area (Å²) in [6, 6.07) is 0. The molecule has 0 radical (unpaired) electrons. The number of carbonyl (C=O) groups excluding carboxylic acids is 3. The van der Waals surface area contributed by atoms with Crippen molar-refractivity contribution < 1.29 is 19.5 Å². The van der Waals surface area contributed by atoms with E-state index in [2.05, 4.69) is 5.32 Å². The monoisotopic (exact) mass is 237 g/mol. The fourth-order valence-electron chi connectivity index (χ4n) is 2.79. The number of fused-ring (bicyclic) bond motifs is 2. The molecule has 0 aromatic carbocycles. The van der Waals surface area contributed by atoms with E-state index in [1.54, 1.807) is 0 Å². The van der Waals surface area contributed by atoms with Crippen LogP contribution in [-0.4, -0.2) is 24.3 Å². The van der Waals surface area contributed by atoms with Crippen molar-refractivity contribution in [3.63, 3.8) is 0 Å². The number of hydrogen-bond donors (Lipinski definition) is 2. The number of carboxylic acids is 1. The fourth-order valence-corrected chi connectivity index (χ4v) is 2.79. The van der Waals surface area contributed by atoms with Gasteiger partial charge in [0, 0.05) is 11.9 Å². The Kier molecular flexibility index (Phi) is 2.87. The number of nitrogens with one attached hydrogen (secondary N) is 1. The number of aliphatic carboxylic acids is 1. The van der Waals surface area contributed by atoms with E-state index in [4.69, 9.17) is 5.73 Å². The van der Waals surface area contributed by atoms with Gasteiger partial charge in [0.25, 0.3) is 0 Å². The van der Waals surface area contributed by atoms with Crippen molar-refractivity contribution in [1.29, 1.82) is 0 Å². The molecule has 6 heteroatoms. The van der Waals surface area contributed by atoms with E-state index < -0.39 is 29.6 Å². The van der Waals surface area contributed by atoms with Gasteiger partial charge in [0.15, 0.2) is 0 Å². The van der Waals surface area contributed by atoms with E-state index in [-0.39, 0.29) is 18.4 Å². The lowest BCUT2D eigenvalue weighted by atomic mass is 9.82. The average molecular weight is 237 g/mol. The van der Waals surface area contributed by atoms with E-state index >= 15 is 0 Å². The van der Waals surface area contributed by atoms with Crippen molar-refractivity contribution >= 4 is 17.8 Å². The standard InChI is InChI=1S/C11H14N2O4/c12-7(14)4-13-10(15)8-5-1-2-6(3-5)9(8)11(16)17/h1-2,5-6,8-9H,3-4H2,(H2,12,14)(H,13,15)(H,16,17)/p-1. The van der Waals surface area contributed by atoms with Crippen molar-refractivity contribution in [2.75, 3.05) is 6.54 Å². The molecule has 2 bridgehead atoms. The topological polar surface area (TPSA) is 112 Å². The first-order valence-corrected chi connectivity index (χ1v) is 5.46. The van der Waals surface area contributed by atoms with Crippen LogP contribution in [0.4, 0.5) is 0 Å². The molecule has 2 aliphatic carbocycles. The number of allylic oxidation sites excluding steroid dienone is 2. The van der Waals surface area contributed by atoms with Crippen LogP contribution in [0.15, 0.2) is 12.2 Å². The minimum atomic E-state index is -1.21. The summed E-state index contributed by atoms with van der Waals surface area (Å²) in [6.07, 6.45) is 4.34. The second kappa shape index (κ2) is 4.20. The maximum Gasteiger partial charge on any atom is 0.236 e. The highest BCUT2D eigenvalue weighted by molar-refractivity contribution is 5.89. The maximum absolute atomic E-state index is 11.8. The van der Waals surface area contributed by atoms with Gasteiger partial charge < -0.3 is 21.0 Å². The Morgan fingerprint density at radius 1 is 1.24 bits per heavy atom. The van der Waals surface area contributed by atoms with Gasteiger partial charge in [0.1, 0.15) is 0 Å². The number of rotatable bonds is 4. The summed E-state index contributed by atoms with van der Waals surface area (Å²) < 4.78 is 0. The average Bonchev–Trinajstić information content (AvgIpc) is 2.84. The number of carbonyl (C=O) groups is 3. The Hall–Kier alpha value is -1.85. The third kappa shape index (κ3) is 2.02. The number of nitrogens with two attached hydrogens (primary N) is 1. The summed E-state index contributed by atoms with van der Waals surface area (Å²) in [5, 5.41) is 13.4. The third-order valence-electron chi connectivity index (χ3n) is 3.47. The summed E-state index contributed by atoms with van der Waals surface area (Å²) >= 11 is 0. The van der Waals surface area contributed by atoms with Gasteiger partial charge in [0.05, 0.1) is 12.5 Å². The molecule has 0 aliphatic heterocycles. The molecule has 4 atom stereocenters. The second-order valence-corrected chi connectivity index (χ2v) is 4.50. The van der Waals surface area contributed by atoms with E-state index in [0.717, 1.165) is 0 Å². The van der Waals surface area contributed by atoms with Gasteiger partial charge in [-0.05, 0) is 18.3 Å². The number of hydrogen-bond acceptors (Lipinski definition) is 4. The minimum absolute atomic E-state index is 0.0734. The molecule has 0 aromatic rings. The molecule has 0 spiro atoms. The molecular weight excluding hydrogens is 224 g/mol. The first kappa shape index (κ1) is 11.6.